The van der Waals surface area contributed by atoms with Crippen molar-refractivity contribution >= 4 is 23.5 Å². The van der Waals surface area contributed by atoms with Crippen molar-refractivity contribution in [1.82, 2.24) is 9.97 Å². The van der Waals surface area contributed by atoms with E-state index in [2.05, 4.69) is 15.3 Å². The van der Waals surface area contributed by atoms with Gasteiger partial charge in [0, 0.05) is 12.6 Å². The van der Waals surface area contributed by atoms with Gasteiger partial charge in [-0.3, -0.25) is 10.1 Å². The maximum Gasteiger partial charge on any atom is 0.230 e. The molecule has 1 aromatic heterocycles. The Kier molecular flexibility index (Phi) is 3.20. The smallest absolute Gasteiger partial charge is 0.230 e. The lowest BCUT2D eigenvalue weighted by molar-refractivity contribution is -0.117. The molecule has 4 nitrogen and oxygen atoms in total. The Morgan fingerprint density at radius 2 is 2.33 bits per heavy atom. The third-order valence-electron chi connectivity index (χ3n) is 4.20. The van der Waals surface area contributed by atoms with Crippen LogP contribution in [0.25, 0.3) is 0 Å². The second-order valence-electron chi connectivity index (χ2n) is 5.39. The Bertz CT molecular complexity index is 465. The summed E-state index contributed by atoms with van der Waals surface area (Å²) in [4.78, 5) is 19.9. The lowest BCUT2D eigenvalue weighted by Gasteiger charge is -2.20. The number of anilines is 1. The average Bonchev–Trinajstić information content (AvgIpc) is 2.90. The second kappa shape index (κ2) is 4.84. The Hall–Kier alpha value is -1.16. The zero-order valence-corrected chi connectivity index (χ0v) is 10.9. The van der Waals surface area contributed by atoms with Crippen molar-refractivity contribution in [2.45, 2.75) is 32.1 Å². The van der Waals surface area contributed by atoms with Gasteiger partial charge in [0.05, 0.1) is 0 Å². The minimum atomic E-state index is 0.00909. The summed E-state index contributed by atoms with van der Waals surface area (Å²) in [5.41, 5.74) is 0. The number of amides is 1. The first-order chi connectivity index (χ1) is 8.70. The minimum Gasteiger partial charge on any atom is -0.294 e. The molecule has 1 N–H and O–H groups in total. The van der Waals surface area contributed by atoms with E-state index in [-0.39, 0.29) is 5.91 Å². The number of nitrogens with one attached hydrogen (secondary N) is 1. The summed E-state index contributed by atoms with van der Waals surface area (Å²) in [7, 11) is 0. The fourth-order valence-corrected chi connectivity index (χ4v) is 3.57. The van der Waals surface area contributed by atoms with Crippen LogP contribution in [-0.2, 0) is 4.79 Å². The molecule has 3 rings (SSSR count). The van der Waals surface area contributed by atoms with E-state index in [0.29, 0.717) is 23.4 Å². The van der Waals surface area contributed by atoms with E-state index in [0.717, 1.165) is 11.8 Å². The molecule has 1 amide bonds. The molecule has 0 saturated heterocycles. The summed E-state index contributed by atoms with van der Waals surface area (Å²) in [6.45, 7) is 0. The maximum atomic E-state index is 11.9. The van der Waals surface area contributed by atoms with Gasteiger partial charge in [-0.05, 0) is 43.1 Å². The molecule has 2 saturated carbocycles. The molecule has 3 atom stereocenters. The van der Waals surface area contributed by atoms with Crippen molar-refractivity contribution in [3.05, 3.63) is 17.4 Å². The molecular formula is C13H16ClN3O. The number of aromatic nitrogens is 2. The SMILES string of the molecule is O=C(CC1CC2CCC1C2)Nc1nccc(Cl)n1. The number of hydrogen-bond donors (Lipinski definition) is 1. The Morgan fingerprint density at radius 1 is 1.44 bits per heavy atom. The summed E-state index contributed by atoms with van der Waals surface area (Å²) in [5, 5.41) is 3.07. The van der Waals surface area contributed by atoms with Crippen LogP contribution in [0, 0.1) is 17.8 Å². The molecule has 2 fully saturated rings. The third kappa shape index (κ3) is 2.48. The number of hydrogen-bond acceptors (Lipinski definition) is 3. The average molecular weight is 266 g/mol. The Balaban J connectivity index is 1.56. The largest absolute Gasteiger partial charge is 0.294 e. The van der Waals surface area contributed by atoms with Crippen molar-refractivity contribution in [1.29, 1.82) is 0 Å². The molecule has 3 unspecified atom stereocenters. The fraction of sp³-hybridized carbons (Fsp3) is 0.615. The van der Waals surface area contributed by atoms with Crippen molar-refractivity contribution in [3.8, 4) is 0 Å². The van der Waals surface area contributed by atoms with Gasteiger partial charge in [-0.1, -0.05) is 18.0 Å². The first kappa shape index (κ1) is 11.9. The minimum absolute atomic E-state index is 0.00909. The van der Waals surface area contributed by atoms with Gasteiger partial charge in [0.25, 0.3) is 0 Å². The highest BCUT2D eigenvalue weighted by Gasteiger charge is 2.40. The predicted molar refractivity (Wildman–Crippen MR) is 69.2 cm³/mol. The number of rotatable bonds is 3. The third-order valence-corrected chi connectivity index (χ3v) is 4.42. The summed E-state index contributed by atoms with van der Waals surface area (Å²) in [6, 6.07) is 1.59. The number of carbonyl (C=O) groups is 1. The van der Waals surface area contributed by atoms with Gasteiger partial charge >= 0.3 is 0 Å². The summed E-state index contributed by atoms with van der Waals surface area (Å²) in [6.07, 6.45) is 7.34. The topological polar surface area (TPSA) is 54.9 Å². The molecule has 2 bridgehead atoms. The van der Waals surface area contributed by atoms with Crippen molar-refractivity contribution < 1.29 is 4.79 Å². The van der Waals surface area contributed by atoms with E-state index in [1.807, 2.05) is 0 Å². The van der Waals surface area contributed by atoms with Crippen LogP contribution in [0.2, 0.25) is 5.15 Å². The van der Waals surface area contributed by atoms with Gasteiger partial charge in [0.2, 0.25) is 11.9 Å². The Morgan fingerprint density at radius 3 is 3.00 bits per heavy atom. The molecule has 2 aliphatic carbocycles. The van der Waals surface area contributed by atoms with E-state index >= 15 is 0 Å². The van der Waals surface area contributed by atoms with Crippen molar-refractivity contribution in [3.63, 3.8) is 0 Å². The molecule has 18 heavy (non-hydrogen) atoms. The molecular weight excluding hydrogens is 250 g/mol. The van der Waals surface area contributed by atoms with Crippen molar-refractivity contribution in [2.75, 3.05) is 5.32 Å². The summed E-state index contributed by atoms with van der Waals surface area (Å²) >= 11 is 5.75. The van der Waals surface area contributed by atoms with Gasteiger partial charge in [0.15, 0.2) is 0 Å². The molecule has 96 valence electrons. The molecule has 0 aromatic carbocycles. The van der Waals surface area contributed by atoms with E-state index in [9.17, 15) is 4.79 Å². The standard InChI is InChI=1S/C13H16ClN3O/c14-11-3-4-15-13(16-11)17-12(18)7-10-6-8-1-2-9(10)5-8/h3-4,8-10H,1-2,5-7H2,(H,15,16,17,18). The van der Waals surface area contributed by atoms with Gasteiger partial charge in [0.1, 0.15) is 5.15 Å². The van der Waals surface area contributed by atoms with Gasteiger partial charge in [-0.2, -0.15) is 0 Å². The van der Waals surface area contributed by atoms with Crippen LogP contribution < -0.4 is 5.32 Å². The maximum absolute atomic E-state index is 11.9. The normalized spacial score (nSPS) is 29.5. The van der Waals surface area contributed by atoms with Crippen LogP contribution in [0.4, 0.5) is 5.95 Å². The molecule has 0 spiro atoms. The molecule has 2 aliphatic rings. The fourth-order valence-electron chi connectivity index (χ4n) is 3.44. The van der Waals surface area contributed by atoms with Crippen LogP contribution in [-0.4, -0.2) is 15.9 Å². The first-order valence-electron chi connectivity index (χ1n) is 6.49. The van der Waals surface area contributed by atoms with Crippen LogP contribution in [0.15, 0.2) is 12.3 Å². The Labute approximate surface area is 111 Å². The summed E-state index contributed by atoms with van der Waals surface area (Å²) < 4.78 is 0. The van der Waals surface area contributed by atoms with Gasteiger partial charge in [-0.15, -0.1) is 0 Å². The monoisotopic (exact) mass is 265 g/mol. The van der Waals surface area contributed by atoms with Crippen LogP contribution in [0.5, 0.6) is 0 Å². The van der Waals surface area contributed by atoms with Crippen LogP contribution >= 0.6 is 11.6 Å². The number of halogens is 1. The molecule has 0 radical (unpaired) electrons. The van der Waals surface area contributed by atoms with Crippen LogP contribution in [0.3, 0.4) is 0 Å². The number of nitrogens with zero attached hydrogens (tertiary/aromatic N) is 2. The molecule has 5 heteroatoms. The van der Waals surface area contributed by atoms with E-state index < -0.39 is 0 Å². The molecule has 1 heterocycles. The second-order valence-corrected chi connectivity index (χ2v) is 5.78. The predicted octanol–water partition coefficient (Wildman–Crippen LogP) is 2.89. The number of carbonyl (C=O) groups excluding carboxylic acids is 1. The lowest BCUT2D eigenvalue weighted by atomic mass is 9.86. The zero-order valence-electron chi connectivity index (χ0n) is 10.1. The number of fused-ring (bicyclic) bond motifs is 2. The highest BCUT2D eigenvalue weighted by atomic mass is 35.5. The highest BCUT2D eigenvalue weighted by Crippen LogP contribution is 2.49. The first-order valence-corrected chi connectivity index (χ1v) is 6.87. The van der Waals surface area contributed by atoms with E-state index in [1.165, 1.54) is 25.7 Å². The molecule has 0 aliphatic heterocycles. The van der Waals surface area contributed by atoms with E-state index in [1.54, 1.807) is 12.3 Å². The quantitative estimate of drug-likeness (QED) is 0.855. The zero-order chi connectivity index (χ0) is 12.5. The van der Waals surface area contributed by atoms with Crippen molar-refractivity contribution in [2.24, 2.45) is 17.8 Å². The van der Waals surface area contributed by atoms with Crippen LogP contribution in [0.1, 0.15) is 32.1 Å². The van der Waals surface area contributed by atoms with E-state index in [4.69, 9.17) is 11.6 Å². The summed E-state index contributed by atoms with van der Waals surface area (Å²) in [5.74, 6) is 2.50. The van der Waals surface area contributed by atoms with Gasteiger partial charge in [-0.25, -0.2) is 9.97 Å². The highest BCUT2D eigenvalue weighted by molar-refractivity contribution is 6.29. The molecule has 1 aromatic rings. The lowest BCUT2D eigenvalue weighted by Crippen LogP contribution is -2.21. The van der Waals surface area contributed by atoms with Gasteiger partial charge < -0.3 is 0 Å².